The van der Waals surface area contributed by atoms with Gasteiger partial charge in [0.2, 0.25) is 6.41 Å². The molecule has 0 fully saturated rings. The largest absolute Gasteiger partial charge is 0.497 e. The first-order chi connectivity index (χ1) is 15.0. The number of aromatic amines is 1. The second kappa shape index (κ2) is 8.81. The average molecular weight is 421 g/mol. The molecule has 1 aliphatic heterocycles. The number of fused-ring (bicyclic) bond motifs is 2. The summed E-state index contributed by atoms with van der Waals surface area (Å²) in [5.41, 5.74) is 5.00. The molecule has 0 saturated heterocycles. The van der Waals surface area contributed by atoms with Crippen LogP contribution in [0.5, 0.6) is 11.5 Å². The van der Waals surface area contributed by atoms with Gasteiger partial charge in [-0.1, -0.05) is 0 Å². The molecular weight excluding hydrogens is 394 g/mol. The lowest BCUT2D eigenvalue weighted by Gasteiger charge is -2.35. The number of H-pyrrole nitrogens is 1. The Labute approximate surface area is 181 Å². The van der Waals surface area contributed by atoms with E-state index in [1.807, 2.05) is 24.3 Å². The summed E-state index contributed by atoms with van der Waals surface area (Å²) in [5.74, 6) is 0.877. The van der Waals surface area contributed by atoms with Crippen LogP contribution in [0.1, 0.15) is 39.5 Å². The average Bonchev–Trinajstić information content (AvgIpc) is 3.19. The lowest BCUT2D eigenvalue weighted by atomic mass is 9.87. The second-order valence-corrected chi connectivity index (χ2v) is 7.85. The predicted molar refractivity (Wildman–Crippen MR) is 119 cm³/mol. The quantitative estimate of drug-likeness (QED) is 0.573. The van der Waals surface area contributed by atoms with Crippen molar-refractivity contribution < 1.29 is 19.1 Å². The summed E-state index contributed by atoms with van der Waals surface area (Å²) in [5, 5.41) is 3.39. The SMILES string of the molecule is COc1ccc2[nH]cc(CC[C@H]3c4cc(C(=O)NC=O)c(OC)cc4CCN3C)c2c1. The normalized spacial score (nSPS) is 16.0. The molecule has 162 valence electrons. The van der Waals surface area contributed by atoms with E-state index in [0.717, 1.165) is 42.6 Å². The summed E-state index contributed by atoms with van der Waals surface area (Å²) >= 11 is 0. The molecule has 0 spiro atoms. The maximum absolute atomic E-state index is 12.4. The highest BCUT2D eigenvalue weighted by Crippen LogP contribution is 2.37. The number of hydrogen-bond acceptors (Lipinski definition) is 5. The molecule has 0 bridgehead atoms. The summed E-state index contributed by atoms with van der Waals surface area (Å²) in [7, 11) is 5.33. The number of rotatable bonds is 7. The second-order valence-electron chi connectivity index (χ2n) is 7.85. The highest BCUT2D eigenvalue weighted by molar-refractivity contribution is 6.02. The van der Waals surface area contributed by atoms with Crippen molar-refractivity contribution in [3.63, 3.8) is 0 Å². The molecule has 0 saturated carbocycles. The number of carbonyl (C=O) groups excluding carboxylic acids is 2. The van der Waals surface area contributed by atoms with E-state index >= 15 is 0 Å². The van der Waals surface area contributed by atoms with Gasteiger partial charge in [-0.2, -0.15) is 0 Å². The van der Waals surface area contributed by atoms with Crippen LogP contribution in [0.3, 0.4) is 0 Å². The van der Waals surface area contributed by atoms with Crippen molar-refractivity contribution in [1.82, 2.24) is 15.2 Å². The highest BCUT2D eigenvalue weighted by Gasteiger charge is 2.28. The molecule has 1 atom stereocenters. The van der Waals surface area contributed by atoms with Gasteiger partial charge in [-0.3, -0.25) is 19.8 Å². The molecule has 1 aromatic heterocycles. The lowest BCUT2D eigenvalue weighted by Crippen LogP contribution is -2.33. The topological polar surface area (TPSA) is 83.7 Å². The minimum absolute atomic E-state index is 0.160. The predicted octanol–water partition coefficient (Wildman–Crippen LogP) is 3.23. The first kappa shape index (κ1) is 20.9. The smallest absolute Gasteiger partial charge is 0.261 e. The zero-order valence-corrected chi connectivity index (χ0v) is 18.0. The number of aromatic nitrogens is 1. The molecule has 0 aliphatic carbocycles. The minimum Gasteiger partial charge on any atom is -0.497 e. The van der Waals surface area contributed by atoms with Crippen molar-refractivity contribution in [2.24, 2.45) is 0 Å². The van der Waals surface area contributed by atoms with Crippen LogP contribution in [0.2, 0.25) is 0 Å². The zero-order valence-electron chi connectivity index (χ0n) is 18.0. The first-order valence-corrected chi connectivity index (χ1v) is 10.3. The Morgan fingerprint density at radius 2 is 2.10 bits per heavy atom. The van der Waals surface area contributed by atoms with E-state index in [-0.39, 0.29) is 6.04 Å². The first-order valence-electron chi connectivity index (χ1n) is 10.3. The van der Waals surface area contributed by atoms with E-state index in [4.69, 9.17) is 9.47 Å². The zero-order chi connectivity index (χ0) is 22.0. The molecule has 2 heterocycles. The number of carbonyl (C=O) groups is 2. The fraction of sp³-hybridized carbons (Fsp3) is 0.333. The number of ether oxygens (including phenoxy) is 2. The number of likely N-dealkylation sites (N-methyl/N-ethyl adjacent to an activating group) is 1. The number of methoxy groups -OCH3 is 2. The Morgan fingerprint density at radius 1 is 1.26 bits per heavy atom. The summed E-state index contributed by atoms with van der Waals surface area (Å²) in [6.45, 7) is 0.933. The van der Waals surface area contributed by atoms with Crippen LogP contribution >= 0.6 is 0 Å². The molecule has 2 amide bonds. The van der Waals surface area contributed by atoms with Gasteiger partial charge < -0.3 is 14.5 Å². The van der Waals surface area contributed by atoms with Crippen LogP contribution in [-0.2, 0) is 17.6 Å². The Bertz CT molecular complexity index is 1120. The molecule has 3 aromatic rings. The molecule has 7 heteroatoms. The summed E-state index contributed by atoms with van der Waals surface area (Å²) in [4.78, 5) is 28.8. The Balaban J connectivity index is 1.65. The van der Waals surface area contributed by atoms with Crippen LogP contribution in [-0.4, -0.2) is 50.0 Å². The fourth-order valence-corrected chi connectivity index (χ4v) is 4.49. The fourth-order valence-electron chi connectivity index (χ4n) is 4.49. The van der Waals surface area contributed by atoms with E-state index < -0.39 is 5.91 Å². The van der Waals surface area contributed by atoms with Crippen LogP contribution in [0.4, 0.5) is 0 Å². The molecular formula is C24H27N3O4. The van der Waals surface area contributed by atoms with E-state index in [9.17, 15) is 9.59 Å². The number of nitrogens with one attached hydrogen (secondary N) is 2. The van der Waals surface area contributed by atoms with Crippen LogP contribution in [0.15, 0.2) is 36.5 Å². The number of aryl methyl sites for hydroxylation is 1. The van der Waals surface area contributed by atoms with Crippen LogP contribution in [0, 0.1) is 0 Å². The molecule has 2 N–H and O–H groups in total. The van der Waals surface area contributed by atoms with Gasteiger partial charge in [-0.25, -0.2) is 0 Å². The maximum Gasteiger partial charge on any atom is 0.261 e. The van der Waals surface area contributed by atoms with Gasteiger partial charge in [-0.05, 0) is 73.3 Å². The Kier molecular flexibility index (Phi) is 5.95. The van der Waals surface area contributed by atoms with Crippen molar-refractivity contribution in [3.8, 4) is 11.5 Å². The van der Waals surface area contributed by atoms with Crippen molar-refractivity contribution >= 4 is 23.2 Å². The van der Waals surface area contributed by atoms with Crippen molar-refractivity contribution in [2.45, 2.75) is 25.3 Å². The molecule has 2 aromatic carbocycles. The molecule has 7 nitrogen and oxygen atoms in total. The molecule has 4 rings (SSSR count). The third kappa shape index (κ3) is 4.01. The van der Waals surface area contributed by atoms with Gasteiger partial charge in [-0.15, -0.1) is 0 Å². The molecule has 1 aliphatic rings. The van der Waals surface area contributed by atoms with Gasteiger partial charge in [0.05, 0.1) is 19.8 Å². The number of imide groups is 1. The van der Waals surface area contributed by atoms with Crippen molar-refractivity contribution in [1.29, 1.82) is 0 Å². The summed E-state index contributed by atoms with van der Waals surface area (Å²) < 4.78 is 10.8. The minimum atomic E-state index is -0.453. The maximum atomic E-state index is 12.4. The van der Waals surface area contributed by atoms with E-state index in [1.54, 1.807) is 7.11 Å². The van der Waals surface area contributed by atoms with Crippen LogP contribution in [0.25, 0.3) is 10.9 Å². The third-order valence-electron chi connectivity index (χ3n) is 6.18. The number of amides is 2. The summed E-state index contributed by atoms with van der Waals surface area (Å²) in [6, 6.07) is 10.0. The standard InChI is InChI=1S/C24H27N3O4/c1-27-9-8-15-10-23(31-3)20(24(29)26-14-28)12-19(15)22(27)7-4-16-13-25-21-6-5-17(30-2)11-18(16)21/h5-6,10-14,22,25H,4,7-9H2,1-3H3,(H,26,28,29)/t22-/m0/s1. The molecule has 31 heavy (non-hydrogen) atoms. The number of hydrogen-bond donors (Lipinski definition) is 2. The molecule has 0 unspecified atom stereocenters. The van der Waals surface area contributed by atoms with E-state index in [0.29, 0.717) is 17.7 Å². The van der Waals surface area contributed by atoms with Crippen molar-refractivity contribution in [3.05, 3.63) is 58.8 Å². The van der Waals surface area contributed by atoms with Gasteiger partial charge in [0.1, 0.15) is 11.5 Å². The van der Waals surface area contributed by atoms with Crippen molar-refractivity contribution in [2.75, 3.05) is 27.8 Å². The van der Waals surface area contributed by atoms with E-state index in [2.05, 4.69) is 34.5 Å². The highest BCUT2D eigenvalue weighted by atomic mass is 16.5. The van der Waals surface area contributed by atoms with Gasteiger partial charge >= 0.3 is 0 Å². The lowest BCUT2D eigenvalue weighted by molar-refractivity contribution is -0.108. The van der Waals surface area contributed by atoms with Gasteiger partial charge in [0.15, 0.2) is 0 Å². The number of nitrogens with zero attached hydrogens (tertiary/aromatic N) is 1. The third-order valence-corrected chi connectivity index (χ3v) is 6.18. The van der Waals surface area contributed by atoms with Crippen LogP contribution < -0.4 is 14.8 Å². The molecule has 0 radical (unpaired) electrons. The van der Waals surface area contributed by atoms with Gasteiger partial charge in [0, 0.05) is 29.7 Å². The number of benzene rings is 2. The summed E-state index contributed by atoms with van der Waals surface area (Å²) in [6.07, 6.45) is 5.12. The monoisotopic (exact) mass is 421 g/mol. The Hall–Kier alpha value is -3.32. The van der Waals surface area contributed by atoms with E-state index in [1.165, 1.54) is 23.6 Å². The van der Waals surface area contributed by atoms with Gasteiger partial charge in [0.25, 0.3) is 5.91 Å². The Morgan fingerprint density at radius 3 is 2.84 bits per heavy atom.